The molecule has 0 bridgehead atoms. The van der Waals surface area contributed by atoms with E-state index in [2.05, 4.69) is 19.4 Å². The minimum absolute atomic E-state index is 0.0171. The van der Waals surface area contributed by atoms with Gasteiger partial charge in [0.1, 0.15) is 0 Å². The summed E-state index contributed by atoms with van der Waals surface area (Å²) in [4.78, 5) is 11.5. The molecule has 14 heteroatoms. The minimum atomic E-state index is -4.05. The molecule has 0 aliphatic carbocycles. The summed E-state index contributed by atoms with van der Waals surface area (Å²) in [6.45, 7) is 4.91. The van der Waals surface area contributed by atoms with Gasteiger partial charge in [-0.15, -0.1) is 8.80 Å². The molecule has 214 valence electrons. The van der Waals surface area contributed by atoms with Crippen molar-refractivity contribution in [2.75, 3.05) is 41.1 Å². The molecule has 0 saturated carbocycles. The number of aliphatic hydroxyl groups excluding tert-OH is 1. The summed E-state index contributed by atoms with van der Waals surface area (Å²) in [6, 6.07) is 4.81. The predicted molar refractivity (Wildman–Crippen MR) is 141 cm³/mol. The Morgan fingerprint density at radius 3 is 2.42 bits per heavy atom. The van der Waals surface area contributed by atoms with E-state index in [-0.39, 0.29) is 30.1 Å². The molecule has 13 nitrogen and oxygen atoms in total. The smallest absolute Gasteiger partial charge is 0.404 e. The van der Waals surface area contributed by atoms with Crippen molar-refractivity contribution in [1.29, 1.82) is 0 Å². The fraction of sp³-hybridized carbons (Fsp3) is 0.625. The average molecular weight is 559 g/mol. The molecule has 1 aliphatic heterocycles. The lowest BCUT2D eigenvalue weighted by Crippen LogP contribution is -2.50. The first-order valence-corrected chi connectivity index (χ1v) is 13.6. The van der Waals surface area contributed by atoms with Crippen LogP contribution in [0.3, 0.4) is 0 Å². The second-order valence-electron chi connectivity index (χ2n) is 9.12. The topological polar surface area (TPSA) is 177 Å². The Kier molecular flexibility index (Phi) is 12.1. The monoisotopic (exact) mass is 558 g/mol. The van der Waals surface area contributed by atoms with Crippen LogP contribution >= 0.6 is 0 Å². The molecular formula is C24H38N4O9S. The SMILES string of the molecule is COCCCOc1cc(C[C@H](C[C@H](NC(=O)O)[C@H](O)CNC2=NS(=O)(=O)N=C2OC)C(C)C)ccc1OC. The zero-order valence-electron chi connectivity index (χ0n) is 22.3. The fourth-order valence-electron chi connectivity index (χ4n) is 3.95. The van der Waals surface area contributed by atoms with Gasteiger partial charge in [0, 0.05) is 26.7 Å². The number of nitrogens with one attached hydrogen (secondary N) is 2. The zero-order chi connectivity index (χ0) is 28.3. The van der Waals surface area contributed by atoms with Gasteiger partial charge in [-0.25, -0.2) is 4.79 Å². The lowest BCUT2D eigenvalue weighted by atomic mass is 9.83. The van der Waals surface area contributed by atoms with E-state index in [0.717, 1.165) is 12.0 Å². The van der Waals surface area contributed by atoms with Gasteiger partial charge in [0.15, 0.2) is 11.5 Å². The lowest BCUT2D eigenvalue weighted by Gasteiger charge is -2.30. The normalized spacial score (nSPS) is 16.7. The Bertz CT molecular complexity index is 1090. The Balaban J connectivity index is 2.13. The van der Waals surface area contributed by atoms with Crippen molar-refractivity contribution in [3.05, 3.63) is 23.8 Å². The summed E-state index contributed by atoms with van der Waals surface area (Å²) in [7, 11) is 0.385. The highest BCUT2D eigenvalue weighted by Gasteiger charge is 2.30. The molecule has 0 fully saturated rings. The van der Waals surface area contributed by atoms with Crippen LogP contribution in [0.5, 0.6) is 11.5 Å². The number of hydrogen-bond donors (Lipinski definition) is 4. The molecule has 4 N–H and O–H groups in total. The first-order chi connectivity index (χ1) is 18.0. The van der Waals surface area contributed by atoms with E-state index >= 15 is 0 Å². The van der Waals surface area contributed by atoms with Gasteiger partial charge in [-0.1, -0.05) is 19.9 Å². The number of hydrogen-bond acceptors (Lipinski definition) is 9. The molecular weight excluding hydrogens is 520 g/mol. The van der Waals surface area contributed by atoms with Crippen molar-refractivity contribution in [3.63, 3.8) is 0 Å². The maximum absolute atomic E-state index is 11.6. The van der Waals surface area contributed by atoms with Gasteiger partial charge in [0.2, 0.25) is 5.84 Å². The summed E-state index contributed by atoms with van der Waals surface area (Å²) in [6.07, 6.45) is -0.846. The Morgan fingerprint density at radius 2 is 1.82 bits per heavy atom. The quantitative estimate of drug-likeness (QED) is 0.231. The highest BCUT2D eigenvalue weighted by atomic mass is 32.2. The number of nitrogens with zero attached hydrogens (tertiary/aromatic N) is 2. The number of amidine groups is 1. The predicted octanol–water partition coefficient (Wildman–Crippen LogP) is 1.60. The standard InChI is InChI=1S/C24H38N4O9S/c1-15(2)17(11-16-7-8-20(35-4)21(12-16)37-10-6-9-34-3)13-18(26-24(30)31)19(29)14-25-22-23(36-5)28-38(32,33)27-22/h7-8,12,15,17-19,26,29H,6,9-11,13-14H2,1-5H3,(H,25,27)(H,30,31)/t17-,18+,19-/m1/s1. The summed E-state index contributed by atoms with van der Waals surface area (Å²) < 4.78 is 51.3. The van der Waals surface area contributed by atoms with E-state index in [1.54, 1.807) is 14.2 Å². The van der Waals surface area contributed by atoms with Crippen molar-refractivity contribution < 1.29 is 42.4 Å². The van der Waals surface area contributed by atoms with E-state index in [0.29, 0.717) is 37.6 Å². The van der Waals surface area contributed by atoms with Crippen LogP contribution < -0.4 is 20.1 Å². The van der Waals surface area contributed by atoms with Crippen LogP contribution in [0.1, 0.15) is 32.3 Å². The second kappa shape index (κ2) is 14.7. The minimum Gasteiger partial charge on any atom is -0.493 e. The van der Waals surface area contributed by atoms with Crippen molar-refractivity contribution in [1.82, 2.24) is 10.6 Å². The molecule has 2 rings (SSSR count). The van der Waals surface area contributed by atoms with Gasteiger partial charge in [-0.2, -0.15) is 8.42 Å². The molecule has 0 aromatic heterocycles. The highest BCUT2D eigenvalue weighted by molar-refractivity contribution is 7.89. The largest absolute Gasteiger partial charge is 0.493 e. The molecule has 1 aromatic rings. The molecule has 0 radical (unpaired) electrons. The van der Waals surface area contributed by atoms with Gasteiger partial charge in [-0.05, 0) is 42.4 Å². The van der Waals surface area contributed by atoms with Crippen LogP contribution in [0.15, 0.2) is 27.0 Å². The first-order valence-electron chi connectivity index (χ1n) is 12.2. The Morgan fingerprint density at radius 1 is 1.08 bits per heavy atom. The number of carbonyl (C=O) groups is 1. The highest BCUT2D eigenvalue weighted by Crippen LogP contribution is 2.31. The molecule has 0 unspecified atom stereocenters. The van der Waals surface area contributed by atoms with Crippen LogP contribution in [-0.4, -0.2) is 89.7 Å². The summed E-state index contributed by atoms with van der Waals surface area (Å²) in [5.74, 6) is 0.956. The maximum Gasteiger partial charge on any atom is 0.404 e. The molecule has 1 heterocycles. The van der Waals surface area contributed by atoms with E-state index in [1.165, 1.54) is 7.11 Å². The zero-order valence-corrected chi connectivity index (χ0v) is 23.2. The average Bonchev–Trinajstić information content (AvgIpc) is 3.17. The number of methoxy groups -OCH3 is 3. The van der Waals surface area contributed by atoms with Crippen LogP contribution in [0.25, 0.3) is 0 Å². The van der Waals surface area contributed by atoms with E-state index in [9.17, 15) is 23.4 Å². The van der Waals surface area contributed by atoms with Crippen LogP contribution in [0.2, 0.25) is 0 Å². The molecule has 1 amide bonds. The number of benzene rings is 1. The van der Waals surface area contributed by atoms with Crippen molar-refractivity contribution in [2.45, 2.75) is 45.3 Å². The number of ether oxygens (including phenoxy) is 4. The summed E-state index contributed by atoms with van der Waals surface area (Å²) >= 11 is 0. The summed E-state index contributed by atoms with van der Waals surface area (Å²) in [5, 5.41) is 25.3. The Labute approximate surface area is 223 Å². The molecule has 0 saturated heterocycles. The van der Waals surface area contributed by atoms with Crippen molar-refractivity contribution in [3.8, 4) is 11.5 Å². The third-order valence-corrected chi connectivity index (χ3v) is 6.84. The van der Waals surface area contributed by atoms with Gasteiger partial charge >= 0.3 is 16.3 Å². The number of aliphatic hydroxyl groups is 1. The third-order valence-electron chi connectivity index (χ3n) is 6.03. The van der Waals surface area contributed by atoms with Crippen molar-refractivity contribution in [2.24, 2.45) is 20.6 Å². The van der Waals surface area contributed by atoms with E-state index < -0.39 is 28.4 Å². The van der Waals surface area contributed by atoms with Gasteiger partial charge in [0.25, 0.3) is 5.90 Å². The maximum atomic E-state index is 11.6. The molecule has 1 aliphatic rings. The Hall–Kier alpha value is -3.10. The second-order valence-corrected chi connectivity index (χ2v) is 10.4. The van der Waals surface area contributed by atoms with Crippen molar-refractivity contribution >= 4 is 28.0 Å². The van der Waals surface area contributed by atoms with E-state index in [1.807, 2.05) is 32.0 Å². The third kappa shape index (κ3) is 9.65. The molecule has 1 aromatic carbocycles. The molecule has 3 atom stereocenters. The number of carboxylic acid groups (broad SMARTS) is 1. The lowest BCUT2D eigenvalue weighted by molar-refractivity contribution is 0.105. The van der Waals surface area contributed by atoms with Crippen LogP contribution in [-0.2, 0) is 26.1 Å². The number of amides is 1. The molecule has 0 spiro atoms. The fourth-order valence-corrected chi connectivity index (χ4v) is 4.73. The first kappa shape index (κ1) is 31.1. The van der Waals surface area contributed by atoms with Crippen LogP contribution in [0.4, 0.5) is 4.79 Å². The molecule has 38 heavy (non-hydrogen) atoms. The van der Waals surface area contributed by atoms with Gasteiger partial charge < -0.3 is 39.8 Å². The summed E-state index contributed by atoms with van der Waals surface area (Å²) in [5.41, 5.74) is 0.972. The van der Waals surface area contributed by atoms with E-state index in [4.69, 9.17) is 18.9 Å². The van der Waals surface area contributed by atoms with Gasteiger partial charge in [0.05, 0.1) is 33.0 Å². The number of rotatable bonds is 15. The van der Waals surface area contributed by atoms with Crippen LogP contribution in [0, 0.1) is 11.8 Å². The van der Waals surface area contributed by atoms with Gasteiger partial charge in [-0.3, -0.25) is 0 Å².